The number of rotatable bonds is 3. The fourth-order valence-corrected chi connectivity index (χ4v) is 4.06. The molecule has 1 aliphatic carbocycles. The van der Waals surface area contributed by atoms with Crippen molar-refractivity contribution in [2.24, 2.45) is 17.6 Å². The Balaban J connectivity index is 1.60. The number of nitrogens with zero attached hydrogens (tertiary/aromatic N) is 3. The number of hydrogen-bond acceptors (Lipinski definition) is 5. The van der Waals surface area contributed by atoms with Crippen LogP contribution < -0.4 is 11.1 Å². The third-order valence-corrected chi connectivity index (χ3v) is 5.18. The smallest absolute Gasteiger partial charge is 0.264 e. The van der Waals surface area contributed by atoms with Gasteiger partial charge in [0.05, 0.1) is 17.4 Å². The van der Waals surface area contributed by atoms with Crippen LogP contribution in [0.2, 0.25) is 0 Å². The average molecular weight is 331 g/mol. The highest BCUT2D eigenvalue weighted by molar-refractivity contribution is 5.62. The van der Waals surface area contributed by atoms with E-state index in [1.54, 1.807) is 6.07 Å². The third kappa shape index (κ3) is 2.67. The van der Waals surface area contributed by atoms with Gasteiger partial charge < -0.3 is 11.1 Å². The molecule has 24 heavy (non-hydrogen) atoms. The van der Waals surface area contributed by atoms with Crippen LogP contribution in [0.15, 0.2) is 30.6 Å². The van der Waals surface area contributed by atoms with E-state index in [0.29, 0.717) is 23.1 Å². The molecule has 0 spiro atoms. The van der Waals surface area contributed by atoms with E-state index in [4.69, 9.17) is 5.73 Å². The summed E-state index contributed by atoms with van der Waals surface area (Å²) < 4.78 is 26.2. The van der Waals surface area contributed by atoms with Crippen LogP contribution in [0.5, 0.6) is 0 Å². The SMILES string of the molecule is NC1CC2CNC(c3ccc(-c4cnccc4C(F)F)nn3)C2C1. The normalized spacial score (nSPS) is 29.2. The van der Waals surface area contributed by atoms with E-state index in [0.717, 1.165) is 25.1 Å². The van der Waals surface area contributed by atoms with Gasteiger partial charge in [0.2, 0.25) is 0 Å². The number of alkyl halides is 2. The van der Waals surface area contributed by atoms with Crippen LogP contribution in [0.1, 0.15) is 36.6 Å². The Kier molecular flexibility index (Phi) is 3.97. The number of fused-ring (bicyclic) bond motifs is 1. The van der Waals surface area contributed by atoms with Crippen molar-refractivity contribution in [2.75, 3.05) is 6.54 Å². The topological polar surface area (TPSA) is 76.7 Å². The average Bonchev–Trinajstić information content (AvgIpc) is 3.14. The predicted octanol–water partition coefficient (Wildman–Crippen LogP) is 2.47. The Morgan fingerprint density at radius 2 is 2.04 bits per heavy atom. The maximum Gasteiger partial charge on any atom is 0.264 e. The van der Waals surface area contributed by atoms with E-state index in [9.17, 15) is 8.78 Å². The number of hydrogen-bond donors (Lipinski definition) is 2. The summed E-state index contributed by atoms with van der Waals surface area (Å²) in [5.74, 6) is 1.07. The molecule has 4 rings (SSSR count). The van der Waals surface area contributed by atoms with Crippen LogP contribution in [0.25, 0.3) is 11.3 Å². The Morgan fingerprint density at radius 3 is 2.79 bits per heavy atom. The maximum atomic E-state index is 13.1. The van der Waals surface area contributed by atoms with E-state index in [-0.39, 0.29) is 17.6 Å². The molecule has 7 heteroatoms. The van der Waals surface area contributed by atoms with Gasteiger partial charge in [0.1, 0.15) is 0 Å². The van der Waals surface area contributed by atoms with E-state index >= 15 is 0 Å². The Morgan fingerprint density at radius 1 is 1.17 bits per heavy atom. The van der Waals surface area contributed by atoms with Crippen molar-refractivity contribution in [1.82, 2.24) is 20.5 Å². The van der Waals surface area contributed by atoms with Crippen LogP contribution in [0.3, 0.4) is 0 Å². The molecule has 1 saturated carbocycles. The minimum atomic E-state index is -2.57. The van der Waals surface area contributed by atoms with Crippen LogP contribution in [-0.4, -0.2) is 27.8 Å². The number of halogens is 2. The van der Waals surface area contributed by atoms with Gasteiger partial charge in [-0.3, -0.25) is 4.98 Å². The number of pyridine rings is 1. The first-order valence-corrected chi connectivity index (χ1v) is 8.18. The second-order valence-electron chi connectivity index (χ2n) is 6.65. The highest BCUT2D eigenvalue weighted by Gasteiger charge is 2.43. The van der Waals surface area contributed by atoms with Gasteiger partial charge in [-0.25, -0.2) is 8.78 Å². The highest BCUT2D eigenvalue weighted by atomic mass is 19.3. The minimum Gasteiger partial charge on any atom is -0.328 e. The van der Waals surface area contributed by atoms with Crippen molar-refractivity contribution in [3.05, 3.63) is 41.9 Å². The van der Waals surface area contributed by atoms with E-state index in [1.165, 1.54) is 18.5 Å². The zero-order chi connectivity index (χ0) is 16.7. The zero-order valence-electron chi connectivity index (χ0n) is 13.1. The molecule has 2 aliphatic rings. The van der Waals surface area contributed by atoms with Gasteiger partial charge in [-0.05, 0) is 49.4 Å². The lowest BCUT2D eigenvalue weighted by atomic mass is 9.92. The van der Waals surface area contributed by atoms with Crippen LogP contribution in [-0.2, 0) is 0 Å². The van der Waals surface area contributed by atoms with Gasteiger partial charge in [-0.1, -0.05) is 0 Å². The number of aromatic nitrogens is 3. The molecule has 0 amide bonds. The minimum absolute atomic E-state index is 0.0760. The van der Waals surface area contributed by atoms with Crippen molar-refractivity contribution < 1.29 is 8.78 Å². The van der Waals surface area contributed by atoms with E-state index in [1.807, 2.05) is 6.07 Å². The van der Waals surface area contributed by atoms with Crippen LogP contribution in [0, 0.1) is 11.8 Å². The van der Waals surface area contributed by atoms with Gasteiger partial charge in [0, 0.05) is 29.6 Å². The molecule has 2 aromatic heterocycles. The third-order valence-electron chi connectivity index (χ3n) is 5.18. The summed E-state index contributed by atoms with van der Waals surface area (Å²) in [7, 11) is 0. The molecule has 0 bridgehead atoms. The molecule has 1 saturated heterocycles. The molecule has 0 radical (unpaired) electrons. The van der Waals surface area contributed by atoms with Crippen molar-refractivity contribution in [3.63, 3.8) is 0 Å². The summed E-state index contributed by atoms with van der Waals surface area (Å²) in [5, 5.41) is 12.0. The van der Waals surface area contributed by atoms with Gasteiger partial charge in [-0.2, -0.15) is 10.2 Å². The summed E-state index contributed by atoms with van der Waals surface area (Å²) in [4.78, 5) is 3.93. The van der Waals surface area contributed by atoms with Gasteiger partial charge in [0.15, 0.2) is 0 Å². The zero-order valence-corrected chi connectivity index (χ0v) is 13.1. The molecule has 0 aromatic carbocycles. The first-order valence-electron chi connectivity index (χ1n) is 8.18. The molecule has 3 N–H and O–H groups in total. The molecule has 2 fully saturated rings. The van der Waals surface area contributed by atoms with Gasteiger partial charge >= 0.3 is 0 Å². The fourth-order valence-electron chi connectivity index (χ4n) is 4.06. The summed E-state index contributed by atoms with van der Waals surface area (Å²) in [5.41, 5.74) is 7.58. The number of nitrogens with two attached hydrogens (primary N) is 1. The van der Waals surface area contributed by atoms with Crippen LogP contribution >= 0.6 is 0 Å². The van der Waals surface area contributed by atoms with Gasteiger partial charge in [-0.15, -0.1) is 0 Å². The summed E-state index contributed by atoms with van der Waals surface area (Å²) in [6.07, 6.45) is 2.24. The molecule has 126 valence electrons. The molecule has 2 aromatic rings. The highest BCUT2D eigenvalue weighted by Crippen LogP contribution is 2.43. The molecular formula is C17H19F2N5. The van der Waals surface area contributed by atoms with Crippen molar-refractivity contribution in [1.29, 1.82) is 0 Å². The number of nitrogens with one attached hydrogen (secondary N) is 1. The Labute approximate surface area is 138 Å². The molecule has 5 nitrogen and oxygen atoms in total. The maximum absolute atomic E-state index is 13.1. The van der Waals surface area contributed by atoms with Gasteiger partial charge in [0.25, 0.3) is 6.43 Å². The summed E-state index contributed by atoms with van der Waals surface area (Å²) in [6, 6.07) is 5.34. The lowest BCUT2D eigenvalue weighted by Gasteiger charge is -2.18. The molecule has 1 aliphatic heterocycles. The second-order valence-corrected chi connectivity index (χ2v) is 6.65. The van der Waals surface area contributed by atoms with Crippen molar-refractivity contribution in [3.8, 4) is 11.3 Å². The standard InChI is InChI=1S/C17H19F2N5/c18-17(19)11-3-4-21-8-13(11)14-1-2-15(24-23-14)16-12-6-10(20)5-9(12)7-22-16/h1-4,8-10,12,16-17,22H,5-7,20H2. The lowest BCUT2D eigenvalue weighted by molar-refractivity contribution is 0.152. The molecule has 4 atom stereocenters. The van der Waals surface area contributed by atoms with Crippen LogP contribution in [0.4, 0.5) is 8.78 Å². The predicted molar refractivity (Wildman–Crippen MR) is 85.2 cm³/mol. The fraction of sp³-hybridized carbons (Fsp3) is 0.471. The molecule has 3 heterocycles. The largest absolute Gasteiger partial charge is 0.328 e. The first-order chi connectivity index (χ1) is 11.6. The molecular weight excluding hydrogens is 312 g/mol. The lowest BCUT2D eigenvalue weighted by Crippen LogP contribution is -2.24. The molecule has 4 unspecified atom stereocenters. The monoisotopic (exact) mass is 331 g/mol. The van der Waals surface area contributed by atoms with Crippen molar-refractivity contribution in [2.45, 2.75) is 31.4 Å². The first kappa shape index (κ1) is 15.5. The van der Waals surface area contributed by atoms with Crippen molar-refractivity contribution >= 4 is 0 Å². The quantitative estimate of drug-likeness (QED) is 0.903. The second kappa shape index (κ2) is 6.14. The summed E-state index contributed by atoms with van der Waals surface area (Å²) >= 11 is 0. The van der Waals surface area contributed by atoms with E-state index < -0.39 is 6.43 Å². The Hall–Kier alpha value is -1.99. The Bertz CT molecular complexity index is 721. The van der Waals surface area contributed by atoms with E-state index in [2.05, 4.69) is 20.5 Å². The summed E-state index contributed by atoms with van der Waals surface area (Å²) in [6.45, 7) is 0.949.